The van der Waals surface area contributed by atoms with Crippen molar-refractivity contribution in [2.75, 3.05) is 6.54 Å². The van der Waals surface area contributed by atoms with Crippen LogP contribution in [0.2, 0.25) is 0 Å². The third-order valence-electron chi connectivity index (χ3n) is 4.14. The summed E-state index contributed by atoms with van der Waals surface area (Å²) in [6.07, 6.45) is 4.85. The van der Waals surface area contributed by atoms with Gasteiger partial charge < -0.3 is 15.2 Å². The van der Waals surface area contributed by atoms with Crippen LogP contribution in [0.25, 0.3) is 0 Å². The minimum Gasteiger partial charge on any atom is -0.488 e. The first-order valence-corrected chi connectivity index (χ1v) is 6.99. The van der Waals surface area contributed by atoms with Crippen LogP contribution in [-0.4, -0.2) is 23.8 Å². The highest BCUT2D eigenvalue weighted by Gasteiger charge is 2.29. The number of ether oxygens (including phenoxy) is 1. The van der Waals surface area contributed by atoms with Crippen molar-refractivity contribution < 1.29 is 14.6 Å². The summed E-state index contributed by atoms with van der Waals surface area (Å²) in [6, 6.07) is 6.36. The van der Waals surface area contributed by atoms with E-state index in [0.717, 1.165) is 12.2 Å². The van der Waals surface area contributed by atoms with Crippen LogP contribution in [0.3, 0.4) is 0 Å². The van der Waals surface area contributed by atoms with Gasteiger partial charge >= 0.3 is 6.09 Å². The van der Waals surface area contributed by atoms with E-state index in [0.29, 0.717) is 12.5 Å². The number of rotatable bonds is 3. The first-order chi connectivity index (χ1) is 9.24. The first kappa shape index (κ1) is 12.3. The van der Waals surface area contributed by atoms with Crippen molar-refractivity contribution in [3.8, 4) is 5.75 Å². The lowest BCUT2D eigenvalue weighted by Crippen LogP contribution is -2.33. The summed E-state index contributed by atoms with van der Waals surface area (Å²) in [5.74, 6) is 1.65. The molecule has 0 aromatic heterocycles. The Morgan fingerprint density at radius 2 is 2.16 bits per heavy atom. The second kappa shape index (κ2) is 5.11. The van der Waals surface area contributed by atoms with Crippen LogP contribution >= 0.6 is 0 Å². The van der Waals surface area contributed by atoms with E-state index in [-0.39, 0.29) is 6.10 Å². The Morgan fingerprint density at radius 1 is 1.37 bits per heavy atom. The molecule has 1 aromatic rings. The summed E-state index contributed by atoms with van der Waals surface area (Å²) in [5.41, 5.74) is 2.55. The molecule has 0 spiro atoms. The number of carboxylic acid groups (broad SMARTS) is 1. The maximum Gasteiger partial charge on any atom is 0.404 e. The molecule has 1 amide bonds. The zero-order valence-corrected chi connectivity index (χ0v) is 10.9. The molecule has 4 heteroatoms. The molecule has 1 atom stereocenters. The average Bonchev–Trinajstić information content (AvgIpc) is 3.04. The highest BCUT2D eigenvalue weighted by Crippen LogP contribution is 2.42. The Kier molecular flexibility index (Phi) is 3.32. The van der Waals surface area contributed by atoms with E-state index in [9.17, 15) is 4.79 Å². The van der Waals surface area contributed by atoms with E-state index in [1.54, 1.807) is 0 Å². The molecule has 2 aliphatic rings. The van der Waals surface area contributed by atoms with Crippen LogP contribution in [0.4, 0.5) is 4.79 Å². The van der Waals surface area contributed by atoms with Gasteiger partial charge in [-0.25, -0.2) is 4.79 Å². The fraction of sp³-hybridized carbons (Fsp3) is 0.533. The van der Waals surface area contributed by atoms with Crippen molar-refractivity contribution in [2.45, 2.75) is 44.1 Å². The van der Waals surface area contributed by atoms with E-state index in [1.807, 2.05) is 0 Å². The fourth-order valence-corrected chi connectivity index (χ4v) is 3.24. The SMILES string of the molecule is O=C(O)NCC1Cc2cccc(C3CCCC3)c2O1. The van der Waals surface area contributed by atoms with Gasteiger partial charge in [-0.05, 0) is 29.9 Å². The second-order valence-electron chi connectivity index (χ2n) is 5.45. The number of amides is 1. The summed E-state index contributed by atoms with van der Waals surface area (Å²) in [6.45, 7) is 0.355. The third-order valence-corrected chi connectivity index (χ3v) is 4.14. The second-order valence-corrected chi connectivity index (χ2v) is 5.45. The van der Waals surface area contributed by atoms with E-state index in [1.165, 1.54) is 36.8 Å². The monoisotopic (exact) mass is 261 g/mol. The summed E-state index contributed by atoms with van der Waals surface area (Å²) in [5, 5.41) is 11.1. The van der Waals surface area contributed by atoms with Crippen molar-refractivity contribution in [3.05, 3.63) is 29.3 Å². The standard InChI is InChI=1S/C15H19NO3/c17-15(18)16-9-12-8-11-6-3-7-13(14(11)19-12)10-4-1-2-5-10/h3,6-7,10,12,16H,1-2,4-5,8-9H2,(H,17,18). The molecule has 102 valence electrons. The third kappa shape index (κ3) is 2.53. The van der Waals surface area contributed by atoms with Crippen LogP contribution in [0.15, 0.2) is 18.2 Å². The molecule has 1 saturated carbocycles. The van der Waals surface area contributed by atoms with Gasteiger partial charge in [0.15, 0.2) is 0 Å². The Morgan fingerprint density at radius 3 is 2.89 bits per heavy atom. The van der Waals surface area contributed by atoms with Crippen LogP contribution in [0, 0.1) is 0 Å². The van der Waals surface area contributed by atoms with Gasteiger partial charge in [0.05, 0.1) is 6.54 Å². The lowest BCUT2D eigenvalue weighted by atomic mass is 9.94. The molecule has 1 heterocycles. The summed E-state index contributed by atoms with van der Waals surface area (Å²) in [7, 11) is 0. The van der Waals surface area contributed by atoms with Gasteiger partial charge in [-0.1, -0.05) is 31.0 Å². The molecule has 19 heavy (non-hydrogen) atoms. The molecule has 1 aromatic carbocycles. The predicted molar refractivity (Wildman–Crippen MR) is 71.8 cm³/mol. The summed E-state index contributed by atoms with van der Waals surface area (Å²) in [4.78, 5) is 10.5. The smallest absolute Gasteiger partial charge is 0.404 e. The van der Waals surface area contributed by atoms with Crippen LogP contribution < -0.4 is 10.1 Å². The highest BCUT2D eigenvalue weighted by molar-refractivity contribution is 5.64. The summed E-state index contributed by atoms with van der Waals surface area (Å²) < 4.78 is 5.98. The Bertz CT molecular complexity index is 480. The average molecular weight is 261 g/mol. The fourth-order valence-electron chi connectivity index (χ4n) is 3.24. The zero-order valence-electron chi connectivity index (χ0n) is 10.9. The van der Waals surface area contributed by atoms with E-state index in [4.69, 9.17) is 9.84 Å². The summed E-state index contributed by atoms with van der Waals surface area (Å²) >= 11 is 0. The van der Waals surface area contributed by atoms with Crippen molar-refractivity contribution in [1.82, 2.24) is 5.32 Å². The maximum absolute atomic E-state index is 10.5. The topological polar surface area (TPSA) is 58.6 Å². The number of fused-ring (bicyclic) bond motifs is 1. The van der Waals surface area contributed by atoms with Crippen molar-refractivity contribution >= 4 is 6.09 Å². The molecule has 0 saturated heterocycles. The Hall–Kier alpha value is -1.71. The number of hydrogen-bond donors (Lipinski definition) is 2. The van der Waals surface area contributed by atoms with E-state index < -0.39 is 6.09 Å². The van der Waals surface area contributed by atoms with Gasteiger partial charge in [0.2, 0.25) is 0 Å². The zero-order chi connectivity index (χ0) is 13.2. The molecular weight excluding hydrogens is 242 g/mol. The molecule has 1 aliphatic heterocycles. The molecule has 1 fully saturated rings. The van der Waals surface area contributed by atoms with Gasteiger partial charge in [-0.2, -0.15) is 0 Å². The van der Waals surface area contributed by atoms with Gasteiger partial charge in [0.1, 0.15) is 11.9 Å². The van der Waals surface area contributed by atoms with Crippen LogP contribution in [0.5, 0.6) is 5.75 Å². The van der Waals surface area contributed by atoms with Crippen molar-refractivity contribution in [3.63, 3.8) is 0 Å². The van der Waals surface area contributed by atoms with E-state index >= 15 is 0 Å². The maximum atomic E-state index is 10.5. The minimum absolute atomic E-state index is 0.0614. The number of benzene rings is 1. The van der Waals surface area contributed by atoms with Gasteiger partial charge in [-0.15, -0.1) is 0 Å². The van der Waals surface area contributed by atoms with Crippen LogP contribution in [-0.2, 0) is 6.42 Å². The molecule has 0 radical (unpaired) electrons. The van der Waals surface area contributed by atoms with Gasteiger partial charge in [-0.3, -0.25) is 0 Å². The lowest BCUT2D eigenvalue weighted by molar-refractivity contribution is 0.180. The predicted octanol–water partition coefficient (Wildman–Crippen LogP) is 2.92. The Balaban J connectivity index is 1.75. The lowest BCUT2D eigenvalue weighted by Gasteiger charge is -2.15. The molecule has 0 bridgehead atoms. The largest absolute Gasteiger partial charge is 0.488 e. The minimum atomic E-state index is -0.990. The number of nitrogens with one attached hydrogen (secondary N) is 1. The highest BCUT2D eigenvalue weighted by atomic mass is 16.5. The molecule has 1 unspecified atom stereocenters. The molecule has 1 aliphatic carbocycles. The van der Waals surface area contributed by atoms with Crippen LogP contribution in [0.1, 0.15) is 42.7 Å². The van der Waals surface area contributed by atoms with Gasteiger partial charge in [0.25, 0.3) is 0 Å². The number of para-hydroxylation sites is 1. The molecular formula is C15H19NO3. The molecule has 4 nitrogen and oxygen atoms in total. The van der Waals surface area contributed by atoms with Gasteiger partial charge in [0, 0.05) is 6.42 Å². The van der Waals surface area contributed by atoms with Crippen molar-refractivity contribution in [2.24, 2.45) is 0 Å². The number of hydrogen-bond acceptors (Lipinski definition) is 2. The Labute approximate surface area is 112 Å². The van der Waals surface area contributed by atoms with E-state index in [2.05, 4.69) is 23.5 Å². The number of carbonyl (C=O) groups is 1. The normalized spacial score (nSPS) is 22.0. The molecule has 3 rings (SSSR count). The van der Waals surface area contributed by atoms with Crippen molar-refractivity contribution in [1.29, 1.82) is 0 Å². The quantitative estimate of drug-likeness (QED) is 0.879. The molecule has 2 N–H and O–H groups in total. The first-order valence-electron chi connectivity index (χ1n) is 6.99.